The molecule has 0 unspecified atom stereocenters. The van der Waals surface area contributed by atoms with Crippen molar-refractivity contribution in [2.75, 3.05) is 26.3 Å². The SMILES string of the molecule is O=c1n(CN2CCOCC2)nnn1-c1ccccc1Cl. The Balaban J connectivity index is 1.85. The molecule has 0 spiro atoms. The summed E-state index contributed by atoms with van der Waals surface area (Å²) in [7, 11) is 0. The van der Waals surface area contributed by atoms with E-state index in [1.54, 1.807) is 24.3 Å². The normalized spacial score (nSPS) is 16.4. The van der Waals surface area contributed by atoms with Gasteiger partial charge in [0.25, 0.3) is 0 Å². The number of benzene rings is 1. The van der Waals surface area contributed by atoms with E-state index in [1.165, 1.54) is 9.36 Å². The Morgan fingerprint density at radius 1 is 1.20 bits per heavy atom. The highest BCUT2D eigenvalue weighted by Gasteiger charge is 2.15. The third-order valence-electron chi connectivity index (χ3n) is 3.16. The number of hydrogen-bond donors (Lipinski definition) is 0. The Morgan fingerprint density at radius 2 is 1.95 bits per heavy atom. The van der Waals surface area contributed by atoms with Crippen LogP contribution in [0.4, 0.5) is 0 Å². The zero-order chi connectivity index (χ0) is 13.9. The van der Waals surface area contributed by atoms with Crippen LogP contribution in [0, 0.1) is 0 Å². The molecule has 1 aliphatic rings. The van der Waals surface area contributed by atoms with Crippen molar-refractivity contribution in [2.24, 2.45) is 0 Å². The number of para-hydroxylation sites is 1. The van der Waals surface area contributed by atoms with E-state index in [2.05, 4.69) is 15.3 Å². The molecule has 0 radical (unpaired) electrons. The van der Waals surface area contributed by atoms with Gasteiger partial charge in [0.2, 0.25) is 0 Å². The van der Waals surface area contributed by atoms with E-state index < -0.39 is 0 Å². The minimum absolute atomic E-state index is 0.301. The van der Waals surface area contributed by atoms with Crippen LogP contribution in [0.2, 0.25) is 5.02 Å². The molecule has 2 heterocycles. The van der Waals surface area contributed by atoms with Crippen LogP contribution < -0.4 is 5.69 Å². The second kappa shape index (κ2) is 5.74. The zero-order valence-electron chi connectivity index (χ0n) is 10.8. The summed E-state index contributed by atoms with van der Waals surface area (Å²) in [6.07, 6.45) is 0. The van der Waals surface area contributed by atoms with Crippen molar-refractivity contribution in [1.82, 2.24) is 24.7 Å². The lowest BCUT2D eigenvalue weighted by atomic mass is 10.3. The van der Waals surface area contributed by atoms with Crippen molar-refractivity contribution >= 4 is 11.6 Å². The topological polar surface area (TPSA) is 65.2 Å². The molecular formula is C12H14ClN5O2. The third kappa shape index (κ3) is 2.60. The van der Waals surface area contributed by atoms with Crippen LogP contribution >= 0.6 is 11.6 Å². The van der Waals surface area contributed by atoms with E-state index in [4.69, 9.17) is 16.3 Å². The monoisotopic (exact) mass is 295 g/mol. The maximum absolute atomic E-state index is 12.3. The number of aromatic nitrogens is 4. The fraction of sp³-hybridized carbons (Fsp3) is 0.417. The number of hydrogen-bond acceptors (Lipinski definition) is 5. The number of morpholine rings is 1. The van der Waals surface area contributed by atoms with Crippen molar-refractivity contribution in [2.45, 2.75) is 6.67 Å². The number of halogens is 1. The lowest BCUT2D eigenvalue weighted by Gasteiger charge is -2.25. The van der Waals surface area contributed by atoms with Crippen molar-refractivity contribution in [3.8, 4) is 5.69 Å². The van der Waals surface area contributed by atoms with Crippen LogP contribution in [0.25, 0.3) is 5.69 Å². The van der Waals surface area contributed by atoms with Gasteiger partial charge in [-0.1, -0.05) is 23.7 Å². The van der Waals surface area contributed by atoms with Crippen molar-refractivity contribution in [3.05, 3.63) is 39.8 Å². The Bertz CT molecular complexity index is 647. The lowest BCUT2D eigenvalue weighted by Crippen LogP contribution is -2.40. The number of ether oxygens (including phenoxy) is 1. The van der Waals surface area contributed by atoms with Crippen molar-refractivity contribution < 1.29 is 4.74 Å². The van der Waals surface area contributed by atoms with Gasteiger partial charge in [-0.25, -0.2) is 4.79 Å². The third-order valence-corrected chi connectivity index (χ3v) is 3.48. The number of rotatable bonds is 3. The second-order valence-corrected chi connectivity index (χ2v) is 4.90. The van der Waals surface area contributed by atoms with Crippen LogP contribution in [-0.4, -0.2) is 51.0 Å². The van der Waals surface area contributed by atoms with Crippen LogP contribution in [0.1, 0.15) is 0 Å². The standard InChI is InChI=1S/C12H14ClN5O2/c13-10-3-1-2-4-11(10)18-12(19)17(14-15-18)9-16-5-7-20-8-6-16/h1-4H,5-9H2. The van der Waals surface area contributed by atoms with E-state index in [-0.39, 0.29) is 5.69 Å². The fourth-order valence-corrected chi connectivity index (χ4v) is 2.29. The quantitative estimate of drug-likeness (QED) is 0.819. The molecule has 1 aromatic carbocycles. The van der Waals surface area contributed by atoms with Gasteiger partial charge in [-0.2, -0.15) is 9.36 Å². The molecule has 0 bridgehead atoms. The van der Waals surface area contributed by atoms with E-state index in [0.29, 0.717) is 30.6 Å². The zero-order valence-corrected chi connectivity index (χ0v) is 11.5. The molecule has 20 heavy (non-hydrogen) atoms. The highest BCUT2D eigenvalue weighted by Crippen LogP contribution is 2.16. The maximum atomic E-state index is 12.3. The molecule has 1 fully saturated rings. The predicted molar refractivity (Wildman–Crippen MR) is 73.0 cm³/mol. The molecule has 8 heteroatoms. The van der Waals surface area contributed by atoms with Gasteiger partial charge < -0.3 is 4.74 Å². The molecule has 2 aromatic rings. The minimum Gasteiger partial charge on any atom is -0.379 e. The van der Waals surface area contributed by atoms with E-state index in [0.717, 1.165) is 13.1 Å². The Morgan fingerprint density at radius 3 is 2.70 bits per heavy atom. The molecule has 3 rings (SSSR count). The van der Waals surface area contributed by atoms with Gasteiger partial charge in [-0.15, -0.1) is 0 Å². The van der Waals surface area contributed by atoms with Gasteiger partial charge >= 0.3 is 5.69 Å². The average Bonchev–Trinajstić information content (AvgIpc) is 2.82. The van der Waals surface area contributed by atoms with E-state index in [9.17, 15) is 4.79 Å². The summed E-state index contributed by atoms with van der Waals surface area (Å²) in [5, 5.41) is 8.26. The average molecular weight is 296 g/mol. The highest BCUT2D eigenvalue weighted by molar-refractivity contribution is 6.32. The largest absolute Gasteiger partial charge is 0.379 e. The Labute approximate surface area is 120 Å². The van der Waals surface area contributed by atoms with Gasteiger partial charge in [-0.05, 0) is 22.6 Å². The summed E-state index contributed by atoms with van der Waals surface area (Å²) < 4.78 is 7.81. The molecule has 0 N–H and O–H groups in total. The molecule has 1 aliphatic heterocycles. The number of nitrogens with zero attached hydrogens (tertiary/aromatic N) is 5. The molecule has 1 aromatic heterocycles. The first-order valence-corrected chi connectivity index (χ1v) is 6.71. The lowest BCUT2D eigenvalue weighted by molar-refractivity contribution is 0.0203. The molecule has 1 saturated heterocycles. The van der Waals surface area contributed by atoms with Gasteiger partial charge in [0.1, 0.15) is 6.67 Å². The molecule has 0 atom stereocenters. The Hall–Kier alpha value is -1.70. The molecule has 106 valence electrons. The smallest absolute Gasteiger partial charge is 0.369 e. The summed E-state index contributed by atoms with van der Waals surface area (Å²) in [4.78, 5) is 14.4. The second-order valence-electron chi connectivity index (χ2n) is 4.50. The minimum atomic E-state index is -0.301. The summed E-state index contributed by atoms with van der Waals surface area (Å²) in [5.74, 6) is 0. The summed E-state index contributed by atoms with van der Waals surface area (Å²) >= 11 is 6.07. The van der Waals surface area contributed by atoms with Gasteiger partial charge in [-0.3, -0.25) is 4.90 Å². The van der Waals surface area contributed by atoms with Crippen LogP contribution in [0.15, 0.2) is 29.1 Å². The molecule has 0 saturated carbocycles. The van der Waals surface area contributed by atoms with E-state index >= 15 is 0 Å². The van der Waals surface area contributed by atoms with Crippen molar-refractivity contribution in [1.29, 1.82) is 0 Å². The van der Waals surface area contributed by atoms with Gasteiger partial charge in [0.05, 0.1) is 23.9 Å². The van der Waals surface area contributed by atoms with Gasteiger partial charge in [0, 0.05) is 13.1 Å². The summed E-state index contributed by atoms with van der Waals surface area (Å²) in [6.45, 7) is 3.32. The Kier molecular flexibility index (Phi) is 3.81. The first-order chi connectivity index (χ1) is 9.75. The number of tetrazole rings is 1. The van der Waals surface area contributed by atoms with Crippen LogP contribution in [0.5, 0.6) is 0 Å². The molecule has 7 nitrogen and oxygen atoms in total. The summed E-state index contributed by atoms with van der Waals surface area (Å²) in [5.41, 5.74) is 0.233. The molecule has 0 amide bonds. The first-order valence-electron chi connectivity index (χ1n) is 6.33. The fourth-order valence-electron chi connectivity index (χ4n) is 2.07. The van der Waals surface area contributed by atoms with Crippen LogP contribution in [0.3, 0.4) is 0 Å². The van der Waals surface area contributed by atoms with E-state index in [1.807, 2.05) is 0 Å². The van der Waals surface area contributed by atoms with Crippen LogP contribution in [-0.2, 0) is 11.4 Å². The summed E-state index contributed by atoms with van der Waals surface area (Å²) in [6, 6.07) is 7.05. The maximum Gasteiger partial charge on any atom is 0.369 e. The predicted octanol–water partition coefficient (Wildman–Crippen LogP) is 0.372. The first kappa shape index (κ1) is 13.3. The highest BCUT2D eigenvalue weighted by atomic mass is 35.5. The van der Waals surface area contributed by atoms with Crippen molar-refractivity contribution in [3.63, 3.8) is 0 Å². The molecule has 0 aliphatic carbocycles. The molecular weight excluding hydrogens is 282 g/mol. The van der Waals surface area contributed by atoms with Gasteiger partial charge in [0.15, 0.2) is 0 Å².